The molecule has 2 N–H and O–H groups in total. The predicted octanol–water partition coefficient (Wildman–Crippen LogP) is -0.588. The number of β-amino-alcohol motifs (C(OH)–C–C–N with tert-alkyl or cyclic N) is 1. The molecule has 108 valence electrons. The van der Waals surface area contributed by atoms with Crippen molar-refractivity contribution >= 4 is 11.8 Å². The van der Waals surface area contributed by atoms with Crippen LogP contribution in [0.5, 0.6) is 5.88 Å². The van der Waals surface area contributed by atoms with Gasteiger partial charge in [-0.15, -0.1) is 0 Å². The van der Waals surface area contributed by atoms with E-state index in [0.29, 0.717) is 5.56 Å². The third-order valence-electron chi connectivity index (χ3n) is 3.16. The molecule has 20 heavy (non-hydrogen) atoms. The van der Waals surface area contributed by atoms with Crippen LogP contribution in [0.4, 0.5) is 0 Å². The lowest BCUT2D eigenvalue weighted by Crippen LogP contribution is -2.41. The molecule has 1 saturated heterocycles. The summed E-state index contributed by atoms with van der Waals surface area (Å²) >= 11 is 0. The quantitative estimate of drug-likeness (QED) is 0.771. The highest BCUT2D eigenvalue weighted by atomic mass is 16.5. The summed E-state index contributed by atoms with van der Waals surface area (Å²) in [6, 6.07) is 2.82. The summed E-state index contributed by atoms with van der Waals surface area (Å²) < 4.78 is 5.05. The Hall–Kier alpha value is -2.15. The molecule has 0 aliphatic carbocycles. The average Bonchev–Trinajstić information content (AvgIpc) is 2.78. The van der Waals surface area contributed by atoms with Gasteiger partial charge in [-0.25, -0.2) is 4.98 Å². The summed E-state index contributed by atoms with van der Waals surface area (Å²) in [6.07, 6.45) is 0.764. The first-order valence-electron chi connectivity index (χ1n) is 6.26. The van der Waals surface area contributed by atoms with Crippen molar-refractivity contribution in [1.29, 1.82) is 0 Å². The highest BCUT2D eigenvalue weighted by Gasteiger charge is 2.35. The van der Waals surface area contributed by atoms with Crippen LogP contribution in [-0.2, 0) is 4.79 Å². The van der Waals surface area contributed by atoms with Crippen molar-refractivity contribution in [3.8, 4) is 5.88 Å². The zero-order valence-corrected chi connectivity index (χ0v) is 11.4. The maximum absolute atomic E-state index is 12.4. The van der Waals surface area contributed by atoms with Gasteiger partial charge in [-0.1, -0.05) is 0 Å². The number of likely N-dealkylation sites (tertiary alicyclic amines) is 1. The molecule has 7 nitrogen and oxygen atoms in total. The van der Waals surface area contributed by atoms with Crippen molar-refractivity contribution < 1.29 is 19.4 Å². The third kappa shape index (κ3) is 2.88. The van der Waals surface area contributed by atoms with Gasteiger partial charge < -0.3 is 20.1 Å². The van der Waals surface area contributed by atoms with Gasteiger partial charge >= 0.3 is 0 Å². The van der Waals surface area contributed by atoms with E-state index in [9.17, 15) is 14.7 Å². The van der Waals surface area contributed by atoms with E-state index in [1.165, 1.54) is 25.1 Å². The summed E-state index contributed by atoms with van der Waals surface area (Å²) in [6.45, 7) is 1.81. The smallest absolute Gasteiger partial charge is 0.259 e. The van der Waals surface area contributed by atoms with Crippen LogP contribution in [-0.4, -0.2) is 59.1 Å². The van der Waals surface area contributed by atoms with E-state index in [-0.39, 0.29) is 30.8 Å². The fourth-order valence-corrected chi connectivity index (χ4v) is 2.24. The standard InChI is InChI=1S/C13H17N3O4/c1-8(17)15-10-6-16(7-11(10)18)13(19)9-4-3-5-14-12(9)20-2/h3-5,10-11,18H,6-7H2,1-2H3,(H,15,17)/t10-,11-/m1/s1. The molecule has 2 heterocycles. The lowest BCUT2D eigenvalue weighted by atomic mass is 10.2. The molecule has 7 heteroatoms. The van der Waals surface area contributed by atoms with Gasteiger partial charge in [-0.05, 0) is 12.1 Å². The van der Waals surface area contributed by atoms with Crippen molar-refractivity contribution in [2.24, 2.45) is 0 Å². The molecule has 1 aromatic heterocycles. The number of nitrogens with zero attached hydrogens (tertiary/aromatic N) is 2. The highest BCUT2D eigenvalue weighted by molar-refractivity contribution is 5.96. The molecule has 0 bridgehead atoms. The Balaban J connectivity index is 2.13. The number of ether oxygens (including phenoxy) is 1. The van der Waals surface area contributed by atoms with Gasteiger partial charge in [0.05, 0.1) is 19.3 Å². The fraction of sp³-hybridized carbons (Fsp3) is 0.462. The van der Waals surface area contributed by atoms with Crippen LogP contribution in [0.15, 0.2) is 18.3 Å². The molecule has 1 fully saturated rings. The van der Waals surface area contributed by atoms with E-state index in [1.54, 1.807) is 12.1 Å². The second kappa shape index (κ2) is 5.87. The minimum atomic E-state index is -0.773. The number of amides is 2. The zero-order valence-electron chi connectivity index (χ0n) is 11.4. The molecule has 0 unspecified atom stereocenters. The van der Waals surface area contributed by atoms with Crippen LogP contribution in [0.3, 0.4) is 0 Å². The van der Waals surface area contributed by atoms with Gasteiger partial charge in [0.15, 0.2) is 0 Å². The number of methoxy groups -OCH3 is 1. The summed E-state index contributed by atoms with van der Waals surface area (Å²) in [7, 11) is 1.44. The first kappa shape index (κ1) is 14.3. The molecule has 0 radical (unpaired) electrons. The van der Waals surface area contributed by atoms with Crippen molar-refractivity contribution in [2.75, 3.05) is 20.2 Å². The van der Waals surface area contributed by atoms with Gasteiger partial charge in [-0.3, -0.25) is 9.59 Å². The number of hydrogen-bond donors (Lipinski definition) is 2. The Morgan fingerprint density at radius 3 is 2.90 bits per heavy atom. The third-order valence-corrected chi connectivity index (χ3v) is 3.16. The van der Waals surface area contributed by atoms with Crippen LogP contribution in [0.1, 0.15) is 17.3 Å². The van der Waals surface area contributed by atoms with Crippen molar-refractivity contribution in [2.45, 2.75) is 19.1 Å². The first-order valence-corrected chi connectivity index (χ1v) is 6.26. The van der Waals surface area contributed by atoms with Crippen molar-refractivity contribution in [3.05, 3.63) is 23.9 Å². The summed E-state index contributed by atoms with van der Waals surface area (Å²) in [5.41, 5.74) is 0.339. The number of aliphatic hydroxyl groups excluding tert-OH is 1. The minimum Gasteiger partial charge on any atom is -0.480 e. The van der Waals surface area contributed by atoms with E-state index in [4.69, 9.17) is 4.74 Å². The lowest BCUT2D eigenvalue weighted by Gasteiger charge is -2.17. The predicted molar refractivity (Wildman–Crippen MR) is 70.3 cm³/mol. The molecule has 0 spiro atoms. The van der Waals surface area contributed by atoms with Gasteiger partial charge in [0.1, 0.15) is 5.56 Å². The van der Waals surface area contributed by atoms with E-state index in [1.807, 2.05) is 0 Å². The van der Waals surface area contributed by atoms with Gasteiger partial charge in [0, 0.05) is 26.2 Å². The lowest BCUT2D eigenvalue weighted by molar-refractivity contribution is -0.120. The van der Waals surface area contributed by atoms with Crippen LogP contribution in [0, 0.1) is 0 Å². The maximum Gasteiger partial charge on any atom is 0.259 e. The highest BCUT2D eigenvalue weighted by Crippen LogP contribution is 2.19. The van der Waals surface area contributed by atoms with Crippen LogP contribution < -0.4 is 10.1 Å². The molecule has 2 atom stereocenters. The van der Waals surface area contributed by atoms with E-state index in [0.717, 1.165) is 0 Å². The summed E-state index contributed by atoms with van der Waals surface area (Å²) in [4.78, 5) is 28.9. The zero-order chi connectivity index (χ0) is 14.7. The number of aromatic nitrogens is 1. The Kier molecular flexibility index (Phi) is 4.19. The minimum absolute atomic E-state index is 0.168. The number of hydrogen-bond acceptors (Lipinski definition) is 5. The molecule has 2 amide bonds. The SMILES string of the molecule is COc1ncccc1C(=O)N1C[C@@H](O)[C@H](NC(C)=O)C1. The molecular formula is C13H17N3O4. The van der Waals surface area contributed by atoms with Crippen molar-refractivity contribution in [3.63, 3.8) is 0 Å². The molecule has 0 aromatic carbocycles. The number of pyridine rings is 1. The van der Waals surface area contributed by atoms with E-state index in [2.05, 4.69) is 10.3 Å². The number of nitrogens with one attached hydrogen (secondary N) is 1. The van der Waals surface area contributed by atoms with Crippen molar-refractivity contribution in [1.82, 2.24) is 15.2 Å². The number of rotatable bonds is 3. The monoisotopic (exact) mass is 279 g/mol. The van der Waals surface area contributed by atoms with Gasteiger partial charge in [-0.2, -0.15) is 0 Å². The molecule has 1 aliphatic heterocycles. The molecular weight excluding hydrogens is 262 g/mol. The van der Waals surface area contributed by atoms with Crippen LogP contribution in [0.25, 0.3) is 0 Å². The largest absolute Gasteiger partial charge is 0.480 e. The number of carbonyl (C=O) groups excluding carboxylic acids is 2. The average molecular weight is 279 g/mol. The Morgan fingerprint density at radius 1 is 1.50 bits per heavy atom. The second-order valence-corrected chi connectivity index (χ2v) is 4.64. The molecule has 1 aromatic rings. The maximum atomic E-state index is 12.4. The van der Waals surface area contributed by atoms with Crippen LogP contribution in [0.2, 0.25) is 0 Å². The van der Waals surface area contributed by atoms with Gasteiger partial charge in [0.25, 0.3) is 5.91 Å². The van der Waals surface area contributed by atoms with E-state index < -0.39 is 12.1 Å². The first-order chi connectivity index (χ1) is 9.52. The molecule has 0 saturated carbocycles. The topological polar surface area (TPSA) is 91.8 Å². The molecule has 2 rings (SSSR count). The van der Waals surface area contributed by atoms with Gasteiger partial charge in [0.2, 0.25) is 11.8 Å². The van der Waals surface area contributed by atoms with Crippen LogP contribution >= 0.6 is 0 Å². The summed E-state index contributed by atoms with van der Waals surface area (Å²) in [5, 5.41) is 12.5. The Bertz CT molecular complexity index is 520. The normalized spacial score (nSPS) is 21.6. The molecule has 1 aliphatic rings. The summed E-state index contributed by atoms with van der Waals surface area (Å²) in [5.74, 6) is -0.265. The Morgan fingerprint density at radius 2 is 2.25 bits per heavy atom. The van der Waals surface area contributed by atoms with E-state index >= 15 is 0 Å². The fourth-order valence-electron chi connectivity index (χ4n) is 2.24. The number of aliphatic hydroxyl groups is 1. The second-order valence-electron chi connectivity index (χ2n) is 4.64. The Labute approximate surface area is 116 Å². The number of carbonyl (C=O) groups is 2.